The van der Waals surface area contributed by atoms with Crippen molar-refractivity contribution in [3.8, 4) is 11.5 Å². The van der Waals surface area contributed by atoms with Crippen LogP contribution in [-0.2, 0) is 12.2 Å². The van der Waals surface area contributed by atoms with Crippen LogP contribution in [0.4, 0.5) is 0 Å². The monoisotopic (exact) mass is 449 g/mol. The molecule has 31 heavy (non-hydrogen) atoms. The van der Waals surface area contributed by atoms with Gasteiger partial charge in [0.1, 0.15) is 10.6 Å². The third-order valence-electron chi connectivity index (χ3n) is 4.69. The van der Waals surface area contributed by atoms with Crippen LogP contribution in [0.3, 0.4) is 0 Å². The van der Waals surface area contributed by atoms with E-state index in [-0.39, 0.29) is 5.91 Å². The summed E-state index contributed by atoms with van der Waals surface area (Å²) in [5, 5.41) is 5.00. The Kier molecular flexibility index (Phi) is 6.84. The molecule has 0 radical (unpaired) electrons. The summed E-state index contributed by atoms with van der Waals surface area (Å²) in [6, 6.07) is 15.8. The van der Waals surface area contributed by atoms with Crippen LogP contribution < -0.4 is 5.32 Å². The van der Waals surface area contributed by atoms with E-state index >= 15 is 0 Å². The smallest absolute Gasteiger partial charge is 0.251 e. The Balaban J connectivity index is 1.24. The van der Waals surface area contributed by atoms with Gasteiger partial charge in [0.15, 0.2) is 0 Å². The minimum absolute atomic E-state index is 0.0861. The molecule has 0 bridgehead atoms. The fraction of sp³-hybridized carbons (Fsp3) is 0.208. The number of nitrogens with zero attached hydrogens (tertiary/aromatic N) is 2. The summed E-state index contributed by atoms with van der Waals surface area (Å²) in [4.78, 5) is 21.4. The van der Waals surface area contributed by atoms with E-state index in [4.69, 9.17) is 4.42 Å². The van der Waals surface area contributed by atoms with Gasteiger partial charge in [0, 0.05) is 40.9 Å². The van der Waals surface area contributed by atoms with Crippen molar-refractivity contribution in [3.05, 3.63) is 88.3 Å². The van der Waals surface area contributed by atoms with Crippen LogP contribution in [0.25, 0.3) is 11.5 Å². The summed E-state index contributed by atoms with van der Waals surface area (Å²) in [5.74, 6) is 1.35. The summed E-state index contributed by atoms with van der Waals surface area (Å²) in [6.07, 6.45) is 2.26. The predicted octanol–water partition coefficient (Wildman–Crippen LogP) is 5.68. The van der Waals surface area contributed by atoms with Gasteiger partial charge >= 0.3 is 0 Å². The number of nitrogens with one attached hydrogen (secondary N) is 1. The highest BCUT2D eigenvalue weighted by atomic mass is 32.2. The summed E-state index contributed by atoms with van der Waals surface area (Å²) >= 11 is 3.37. The fourth-order valence-corrected chi connectivity index (χ4v) is 4.76. The molecular formula is C24H23N3O2S2. The van der Waals surface area contributed by atoms with Crippen LogP contribution >= 0.6 is 23.1 Å². The normalized spacial score (nSPS) is 10.9. The number of carbonyl (C=O) groups is 1. The molecular weight excluding hydrogens is 426 g/mol. The lowest BCUT2D eigenvalue weighted by Crippen LogP contribution is -2.25. The molecule has 0 aliphatic heterocycles. The zero-order valence-corrected chi connectivity index (χ0v) is 19.1. The van der Waals surface area contributed by atoms with Gasteiger partial charge in [-0.3, -0.25) is 4.79 Å². The third kappa shape index (κ3) is 5.83. The maximum Gasteiger partial charge on any atom is 0.251 e. The minimum Gasteiger partial charge on any atom is -0.444 e. The van der Waals surface area contributed by atoms with Crippen LogP contribution in [0.15, 0.2) is 68.9 Å². The molecule has 4 aromatic rings. The van der Waals surface area contributed by atoms with Crippen LogP contribution in [-0.4, -0.2) is 22.4 Å². The van der Waals surface area contributed by atoms with Crippen molar-refractivity contribution < 1.29 is 9.21 Å². The van der Waals surface area contributed by atoms with E-state index in [2.05, 4.69) is 20.7 Å². The van der Waals surface area contributed by atoms with Crippen molar-refractivity contribution in [2.75, 3.05) is 6.54 Å². The highest BCUT2D eigenvalue weighted by Gasteiger charge is 2.09. The number of benzene rings is 2. The summed E-state index contributed by atoms with van der Waals surface area (Å²) < 4.78 is 6.64. The molecule has 0 aliphatic carbocycles. The van der Waals surface area contributed by atoms with E-state index < -0.39 is 0 Å². The standard InChI is InChI=1S/C24H23N3O2S2/c1-16-3-7-20(8-4-16)23-27-21(13-29-23)11-12-25-22(28)19-9-5-18(6-10-19)15-31-24-26-17(2)14-30-24/h3-10,13-14H,11-12,15H2,1-2H3,(H,25,28). The molecule has 0 fully saturated rings. The van der Waals surface area contributed by atoms with Crippen molar-refractivity contribution in [1.29, 1.82) is 0 Å². The number of amides is 1. The molecule has 1 amide bonds. The molecule has 0 saturated heterocycles. The van der Waals surface area contributed by atoms with Gasteiger partial charge in [0.2, 0.25) is 5.89 Å². The summed E-state index contributed by atoms with van der Waals surface area (Å²) in [6.45, 7) is 4.54. The molecule has 7 heteroatoms. The van der Waals surface area contributed by atoms with Crippen molar-refractivity contribution in [2.24, 2.45) is 0 Å². The molecule has 1 N–H and O–H groups in total. The molecule has 4 rings (SSSR count). The first-order valence-corrected chi connectivity index (χ1v) is 11.9. The number of oxazole rings is 1. The Morgan fingerprint density at radius 2 is 1.84 bits per heavy atom. The second-order valence-corrected chi connectivity index (χ2v) is 9.34. The maximum atomic E-state index is 12.4. The van der Waals surface area contributed by atoms with Gasteiger partial charge < -0.3 is 9.73 Å². The molecule has 0 atom stereocenters. The molecule has 2 aromatic carbocycles. The highest BCUT2D eigenvalue weighted by molar-refractivity contribution is 8.00. The second kappa shape index (κ2) is 9.94. The molecule has 5 nitrogen and oxygen atoms in total. The Hall–Kier alpha value is -2.90. The number of hydrogen-bond donors (Lipinski definition) is 1. The number of carbonyl (C=O) groups excluding carboxylic acids is 1. The average molecular weight is 450 g/mol. The molecule has 0 aliphatic rings. The second-order valence-electron chi connectivity index (χ2n) is 7.26. The summed E-state index contributed by atoms with van der Waals surface area (Å²) in [5.41, 5.74) is 5.83. The van der Waals surface area contributed by atoms with E-state index in [1.165, 1.54) is 11.1 Å². The molecule has 2 heterocycles. The quantitative estimate of drug-likeness (QED) is 0.351. The van der Waals surface area contributed by atoms with Gasteiger partial charge in [0.25, 0.3) is 5.91 Å². The van der Waals surface area contributed by atoms with Gasteiger partial charge in [0.05, 0.1) is 5.69 Å². The fourth-order valence-electron chi connectivity index (χ4n) is 2.95. The van der Waals surface area contributed by atoms with E-state index in [0.29, 0.717) is 24.4 Å². The number of thiazole rings is 1. The Morgan fingerprint density at radius 1 is 1.06 bits per heavy atom. The van der Waals surface area contributed by atoms with Crippen molar-refractivity contribution >= 4 is 29.0 Å². The number of aryl methyl sites for hydroxylation is 2. The first-order valence-electron chi connectivity index (χ1n) is 10.0. The van der Waals surface area contributed by atoms with Crippen LogP contribution in [0, 0.1) is 13.8 Å². The zero-order chi connectivity index (χ0) is 21.6. The third-order valence-corrected chi connectivity index (χ3v) is 6.90. The number of thioether (sulfide) groups is 1. The maximum absolute atomic E-state index is 12.4. The topological polar surface area (TPSA) is 68.0 Å². The Morgan fingerprint density at radius 3 is 2.55 bits per heavy atom. The largest absolute Gasteiger partial charge is 0.444 e. The summed E-state index contributed by atoms with van der Waals surface area (Å²) in [7, 11) is 0. The molecule has 0 spiro atoms. The molecule has 158 valence electrons. The molecule has 2 aromatic heterocycles. The van der Waals surface area contributed by atoms with Crippen molar-refractivity contribution in [2.45, 2.75) is 30.4 Å². The Labute approximate surface area is 190 Å². The van der Waals surface area contributed by atoms with Gasteiger partial charge in [-0.1, -0.05) is 41.6 Å². The van der Waals surface area contributed by atoms with Gasteiger partial charge in [-0.25, -0.2) is 9.97 Å². The van der Waals surface area contributed by atoms with Crippen molar-refractivity contribution in [3.63, 3.8) is 0 Å². The van der Waals surface area contributed by atoms with Gasteiger partial charge in [-0.2, -0.15) is 0 Å². The average Bonchev–Trinajstić information content (AvgIpc) is 3.42. The zero-order valence-electron chi connectivity index (χ0n) is 17.4. The van der Waals surface area contributed by atoms with Crippen LogP contribution in [0.5, 0.6) is 0 Å². The molecule has 0 saturated carbocycles. The number of rotatable bonds is 8. The lowest BCUT2D eigenvalue weighted by molar-refractivity contribution is 0.0954. The predicted molar refractivity (Wildman–Crippen MR) is 126 cm³/mol. The first-order chi connectivity index (χ1) is 15.1. The lowest BCUT2D eigenvalue weighted by Gasteiger charge is -2.05. The van der Waals surface area contributed by atoms with E-state index in [1.807, 2.05) is 62.4 Å². The number of aromatic nitrogens is 2. The van der Waals surface area contributed by atoms with Crippen molar-refractivity contribution in [1.82, 2.24) is 15.3 Å². The first kappa shape index (κ1) is 21.3. The number of hydrogen-bond acceptors (Lipinski definition) is 6. The van der Waals surface area contributed by atoms with Gasteiger partial charge in [-0.05, 0) is 43.7 Å². The van der Waals surface area contributed by atoms with Crippen LogP contribution in [0.1, 0.15) is 32.9 Å². The van der Waals surface area contributed by atoms with Gasteiger partial charge in [-0.15, -0.1) is 11.3 Å². The Bertz CT molecular complexity index is 1150. The molecule has 0 unspecified atom stereocenters. The van der Waals surface area contributed by atoms with Crippen LogP contribution in [0.2, 0.25) is 0 Å². The lowest BCUT2D eigenvalue weighted by atomic mass is 10.1. The SMILES string of the molecule is Cc1ccc(-c2nc(CCNC(=O)c3ccc(CSc4nc(C)cs4)cc3)co2)cc1. The highest BCUT2D eigenvalue weighted by Crippen LogP contribution is 2.26. The minimum atomic E-state index is -0.0861. The van der Waals surface area contributed by atoms with E-state index in [1.54, 1.807) is 29.4 Å². The van der Waals surface area contributed by atoms with E-state index in [0.717, 1.165) is 27.0 Å². The van der Waals surface area contributed by atoms with E-state index in [9.17, 15) is 4.79 Å².